The van der Waals surface area contributed by atoms with Crippen LogP contribution in [-0.2, 0) is 18.6 Å². The minimum atomic E-state index is -0.283. The lowest BCUT2D eigenvalue weighted by atomic mass is 10.0. The fourth-order valence-corrected chi connectivity index (χ4v) is 4.74. The van der Waals surface area contributed by atoms with Gasteiger partial charge in [0.25, 0.3) is 5.56 Å². The lowest BCUT2D eigenvalue weighted by molar-refractivity contribution is 0.153. The first kappa shape index (κ1) is 24.0. The van der Waals surface area contributed by atoms with Gasteiger partial charge in [-0.05, 0) is 85.8 Å². The van der Waals surface area contributed by atoms with Gasteiger partial charge in [0.05, 0.1) is 11.6 Å². The summed E-state index contributed by atoms with van der Waals surface area (Å²) in [5.74, 6) is 2.26. The van der Waals surface area contributed by atoms with E-state index in [1.807, 2.05) is 41.1 Å². The number of nitrogens with zero attached hydrogens (tertiary/aromatic N) is 5. The number of fused-ring (bicyclic) bond motifs is 2. The van der Waals surface area contributed by atoms with Crippen molar-refractivity contribution >= 4 is 10.9 Å². The fraction of sp³-hybridized carbons (Fsp3) is 0.407. The summed E-state index contributed by atoms with van der Waals surface area (Å²) in [6.07, 6.45) is 0.769. The molecule has 0 spiro atoms. The number of hydrogen-bond donors (Lipinski definition) is 1. The Labute approximate surface area is 210 Å². The van der Waals surface area contributed by atoms with Gasteiger partial charge in [-0.15, -0.1) is 5.10 Å². The van der Waals surface area contributed by atoms with E-state index in [1.165, 1.54) is 0 Å². The third kappa shape index (κ3) is 4.70. The molecule has 0 radical (unpaired) electrons. The molecular formula is C27H32N6O3. The molecule has 2 aromatic carbocycles. The first-order valence-corrected chi connectivity index (χ1v) is 12.3. The quantitative estimate of drug-likeness (QED) is 0.410. The van der Waals surface area contributed by atoms with Crippen LogP contribution in [0.3, 0.4) is 0 Å². The maximum atomic E-state index is 13.1. The molecule has 1 unspecified atom stereocenters. The van der Waals surface area contributed by atoms with E-state index >= 15 is 0 Å². The van der Waals surface area contributed by atoms with Crippen LogP contribution in [0, 0.1) is 6.92 Å². The van der Waals surface area contributed by atoms with E-state index in [-0.39, 0.29) is 23.9 Å². The highest BCUT2D eigenvalue weighted by atomic mass is 16.7. The number of rotatable bonds is 7. The van der Waals surface area contributed by atoms with Crippen LogP contribution >= 0.6 is 0 Å². The number of pyridine rings is 1. The van der Waals surface area contributed by atoms with Crippen LogP contribution < -0.4 is 15.0 Å². The highest BCUT2D eigenvalue weighted by molar-refractivity contribution is 5.79. The van der Waals surface area contributed by atoms with Crippen molar-refractivity contribution in [1.82, 2.24) is 30.1 Å². The smallest absolute Gasteiger partial charge is 0.252 e. The summed E-state index contributed by atoms with van der Waals surface area (Å²) in [5, 5.41) is 13.7. The average molecular weight is 489 g/mol. The number of ether oxygens (including phenoxy) is 2. The summed E-state index contributed by atoms with van der Waals surface area (Å²) < 4.78 is 13.0. The molecule has 0 aliphatic carbocycles. The second-order valence-corrected chi connectivity index (χ2v) is 10.4. The molecule has 0 saturated heterocycles. The molecule has 0 fully saturated rings. The second-order valence-electron chi connectivity index (χ2n) is 10.4. The van der Waals surface area contributed by atoms with Crippen molar-refractivity contribution in [2.24, 2.45) is 0 Å². The highest BCUT2D eigenvalue weighted by Crippen LogP contribution is 2.34. The van der Waals surface area contributed by atoms with Crippen LogP contribution in [0.2, 0.25) is 0 Å². The monoisotopic (exact) mass is 488 g/mol. The molecule has 1 aliphatic rings. The third-order valence-electron chi connectivity index (χ3n) is 6.53. The van der Waals surface area contributed by atoms with Crippen LogP contribution in [0.25, 0.3) is 10.9 Å². The second kappa shape index (κ2) is 9.39. The molecule has 9 heteroatoms. The van der Waals surface area contributed by atoms with E-state index in [2.05, 4.69) is 66.1 Å². The zero-order valence-electron chi connectivity index (χ0n) is 21.4. The number of hydrogen-bond acceptors (Lipinski definition) is 7. The molecule has 2 aromatic heterocycles. The SMILES string of the molecule is CCC(c1nnnn1C(C)(C)C)N(Cc1ccc2c(c1)OCO2)Cc1cc2cc(C)ccc2[nH]c1=O. The zero-order valence-corrected chi connectivity index (χ0v) is 21.4. The zero-order chi connectivity index (χ0) is 25.4. The van der Waals surface area contributed by atoms with Gasteiger partial charge in [-0.1, -0.05) is 24.6 Å². The predicted octanol–water partition coefficient (Wildman–Crippen LogP) is 4.46. The number of nitrogens with one attached hydrogen (secondary N) is 1. The number of H-pyrrole nitrogens is 1. The number of aromatic amines is 1. The van der Waals surface area contributed by atoms with Gasteiger partial charge < -0.3 is 14.5 Å². The van der Waals surface area contributed by atoms with Crippen LogP contribution in [0.1, 0.15) is 62.7 Å². The Morgan fingerprint density at radius 3 is 2.67 bits per heavy atom. The maximum absolute atomic E-state index is 13.1. The lowest BCUT2D eigenvalue weighted by Gasteiger charge is -2.32. The van der Waals surface area contributed by atoms with Crippen molar-refractivity contribution in [3.8, 4) is 11.5 Å². The molecule has 4 aromatic rings. The Morgan fingerprint density at radius 1 is 1.08 bits per heavy atom. The van der Waals surface area contributed by atoms with Crippen LogP contribution in [0.15, 0.2) is 47.3 Å². The summed E-state index contributed by atoms with van der Waals surface area (Å²) in [4.78, 5) is 18.4. The van der Waals surface area contributed by atoms with Gasteiger partial charge in [0.1, 0.15) is 0 Å². The Balaban J connectivity index is 1.56. The summed E-state index contributed by atoms with van der Waals surface area (Å²) in [7, 11) is 0. The first-order chi connectivity index (χ1) is 17.2. The van der Waals surface area contributed by atoms with Crippen molar-refractivity contribution < 1.29 is 9.47 Å². The Kier molecular flexibility index (Phi) is 6.26. The number of aromatic nitrogens is 5. The minimum Gasteiger partial charge on any atom is -0.454 e. The maximum Gasteiger partial charge on any atom is 0.252 e. The van der Waals surface area contributed by atoms with Crippen molar-refractivity contribution in [3.05, 3.63) is 75.3 Å². The Bertz CT molecular complexity index is 1450. The van der Waals surface area contributed by atoms with E-state index < -0.39 is 0 Å². The number of tetrazole rings is 1. The van der Waals surface area contributed by atoms with Gasteiger partial charge in [0.15, 0.2) is 17.3 Å². The van der Waals surface area contributed by atoms with Crippen LogP contribution in [0.4, 0.5) is 0 Å². The van der Waals surface area contributed by atoms with Gasteiger partial charge in [0.2, 0.25) is 6.79 Å². The molecule has 1 aliphatic heterocycles. The Morgan fingerprint density at radius 2 is 1.89 bits per heavy atom. The molecule has 0 bridgehead atoms. The molecule has 188 valence electrons. The molecule has 0 amide bonds. The molecule has 5 rings (SSSR count). The summed E-state index contributed by atoms with van der Waals surface area (Å²) in [6, 6.07) is 13.9. The van der Waals surface area contributed by atoms with Crippen molar-refractivity contribution in [1.29, 1.82) is 0 Å². The summed E-state index contributed by atoms with van der Waals surface area (Å²) >= 11 is 0. The van der Waals surface area contributed by atoms with E-state index in [9.17, 15) is 4.79 Å². The average Bonchev–Trinajstić information content (AvgIpc) is 3.50. The minimum absolute atomic E-state index is 0.0905. The van der Waals surface area contributed by atoms with Crippen molar-refractivity contribution in [2.45, 2.75) is 65.7 Å². The molecular weight excluding hydrogens is 456 g/mol. The van der Waals surface area contributed by atoms with Crippen molar-refractivity contribution in [2.75, 3.05) is 6.79 Å². The van der Waals surface area contributed by atoms with Gasteiger partial charge in [0, 0.05) is 24.2 Å². The number of benzene rings is 2. The van der Waals surface area contributed by atoms with E-state index in [0.29, 0.717) is 18.7 Å². The van der Waals surface area contributed by atoms with Gasteiger partial charge in [-0.25, -0.2) is 4.68 Å². The first-order valence-electron chi connectivity index (χ1n) is 12.3. The van der Waals surface area contributed by atoms with Gasteiger partial charge in [-0.2, -0.15) is 0 Å². The third-order valence-corrected chi connectivity index (χ3v) is 6.53. The molecule has 3 heterocycles. The van der Waals surface area contributed by atoms with E-state index in [4.69, 9.17) is 9.47 Å². The van der Waals surface area contributed by atoms with E-state index in [0.717, 1.165) is 45.8 Å². The summed E-state index contributed by atoms with van der Waals surface area (Å²) in [6.45, 7) is 11.7. The van der Waals surface area contributed by atoms with Gasteiger partial charge >= 0.3 is 0 Å². The molecule has 1 atom stereocenters. The summed E-state index contributed by atoms with van der Waals surface area (Å²) in [5.41, 5.74) is 3.36. The topological polar surface area (TPSA) is 98.2 Å². The lowest BCUT2D eigenvalue weighted by Crippen LogP contribution is -2.35. The molecule has 0 saturated carbocycles. The van der Waals surface area contributed by atoms with Gasteiger partial charge in [-0.3, -0.25) is 9.69 Å². The predicted molar refractivity (Wildman–Crippen MR) is 137 cm³/mol. The standard InChI is InChI=1S/C27H32N6O3/c1-6-22(25-29-30-31-33(25)27(3,4)5)32(14-18-8-10-23-24(12-18)36-16-35-23)15-20-13-19-11-17(2)7-9-21(19)28-26(20)34/h7-13,22H,6,14-16H2,1-5H3,(H,28,34). The largest absolute Gasteiger partial charge is 0.454 e. The van der Waals surface area contributed by atoms with Crippen LogP contribution in [-0.4, -0.2) is 36.9 Å². The molecule has 1 N–H and O–H groups in total. The molecule has 36 heavy (non-hydrogen) atoms. The van der Waals surface area contributed by atoms with Crippen molar-refractivity contribution in [3.63, 3.8) is 0 Å². The number of aryl methyl sites for hydroxylation is 1. The highest BCUT2D eigenvalue weighted by Gasteiger charge is 2.30. The molecule has 9 nitrogen and oxygen atoms in total. The normalized spacial score (nSPS) is 14.1. The van der Waals surface area contributed by atoms with Crippen LogP contribution in [0.5, 0.6) is 11.5 Å². The van der Waals surface area contributed by atoms with E-state index in [1.54, 1.807) is 0 Å². The Hall–Kier alpha value is -3.72. The fourth-order valence-electron chi connectivity index (χ4n) is 4.74.